The van der Waals surface area contributed by atoms with Crippen LogP contribution in [0.1, 0.15) is 31.2 Å². The molecule has 2 fully saturated rings. The summed E-state index contributed by atoms with van der Waals surface area (Å²) in [6.07, 6.45) is 6.26. The van der Waals surface area contributed by atoms with Crippen LogP contribution in [0.2, 0.25) is 0 Å². The zero-order valence-electron chi connectivity index (χ0n) is 16.4. The Balaban J connectivity index is 1.57. The molecular formula is C23H22N3O3S+. The Hall–Kier alpha value is -2.95. The summed E-state index contributed by atoms with van der Waals surface area (Å²) in [4.78, 5) is 6.60. The Morgan fingerprint density at radius 3 is 2.27 bits per heavy atom. The second-order valence-electron chi connectivity index (χ2n) is 8.13. The molecule has 1 atom stereocenters. The summed E-state index contributed by atoms with van der Waals surface area (Å²) in [6.45, 7) is 0. The van der Waals surface area contributed by atoms with Crippen LogP contribution in [-0.4, -0.2) is 24.8 Å². The molecule has 2 aliphatic carbocycles. The molecule has 2 aromatic carbocycles. The van der Waals surface area contributed by atoms with Gasteiger partial charge in [0.05, 0.1) is 16.5 Å². The molecule has 152 valence electrons. The molecule has 0 aromatic heterocycles. The maximum absolute atomic E-state index is 13.3. The molecule has 2 saturated carbocycles. The third kappa shape index (κ3) is 3.64. The van der Waals surface area contributed by atoms with Crippen molar-refractivity contribution < 1.29 is 18.0 Å². The molecular weight excluding hydrogens is 398 g/mol. The van der Waals surface area contributed by atoms with Gasteiger partial charge in [-0.25, -0.2) is 8.42 Å². The Bertz CT molecular complexity index is 1170. The van der Waals surface area contributed by atoms with Gasteiger partial charge >= 0.3 is 0 Å². The van der Waals surface area contributed by atoms with Gasteiger partial charge in [0.2, 0.25) is 9.84 Å². The first-order valence-electron chi connectivity index (χ1n) is 10.2. The van der Waals surface area contributed by atoms with Crippen molar-refractivity contribution in [1.29, 1.82) is 5.26 Å². The highest BCUT2D eigenvalue weighted by molar-refractivity contribution is 7.91. The SMILES string of the molecule is N#Cc1ccc(O[N+]2(CS(=O)(=O)c3ccccc3)N=C(C3CC3)C=C2C2CC2)cc1. The van der Waals surface area contributed by atoms with Crippen molar-refractivity contribution in [1.82, 2.24) is 0 Å². The molecule has 7 heteroatoms. The maximum atomic E-state index is 13.3. The van der Waals surface area contributed by atoms with Crippen molar-refractivity contribution in [2.45, 2.75) is 30.6 Å². The predicted molar refractivity (Wildman–Crippen MR) is 112 cm³/mol. The van der Waals surface area contributed by atoms with Crippen molar-refractivity contribution in [2.75, 3.05) is 5.88 Å². The van der Waals surface area contributed by atoms with Crippen LogP contribution < -0.4 is 4.84 Å². The lowest BCUT2D eigenvalue weighted by atomic mass is 10.2. The van der Waals surface area contributed by atoms with Crippen molar-refractivity contribution in [2.24, 2.45) is 16.9 Å². The number of nitriles is 1. The lowest BCUT2D eigenvalue weighted by Gasteiger charge is -2.28. The van der Waals surface area contributed by atoms with E-state index in [1.807, 2.05) is 0 Å². The zero-order valence-corrected chi connectivity index (χ0v) is 17.3. The summed E-state index contributed by atoms with van der Waals surface area (Å²) >= 11 is 0. The minimum absolute atomic E-state index is 0.260. The van der Waals surface area contributed by atoms with Gasteiger partial charge in [0.1, 0.15) is 5.71 Å². The lowest BCUT2D eigenvalue weighted by Crippen LogP contribution is -2.47. The summed E-state index contributed by atoms with van der Waals surface area (Å²) in [5.41, 5.74) is 2.38. The quantitative estimate of drug-likeness (QED) is 0.630. The summed E-state index contributed by atoms with van der Waals surface area (Å²) < 4.78 is 26.3. The summed E-state index contributed by atoms with van der Waals surface area (Å²) in [6, 6.07) is 17.3. The van der Waals surface area contributed by atoms with Gasteiger partial charge in [-0.15, -0.1) is 0 Å². The van der Waals surface area contributed by atoms with E-state index < -0.39 is 9.84 Å². The molecule has 6 nitrogen and oxygen atoms in total. The van der Waals surface area contributed by atoms with Crippen LogP contribution in [-0.2, 0) is 9.84 Å². The smallest absolute Gasteiger partial charge is 0.254 e. The topological polar surface area (TPSA) is 79.5 Å². The van der Waals surface area contributed by atoms with Crippen molar-refractivity contribution in [3.8, 4) is 11.8 Å². The van der Waals surface area contributed by atoms with Crippen LogP contribution in [0.15, 0.2) is 76.4 Å². The van der Waals surface area contributed by atoms with Crippen molar-refractivity contribution >= 4 is 15.5 Å². The van der Waals surface area contributed by atoms with E-state index in [0.717, 1.165) is 37.1 Å². The summed E-state index contributed by atoms with van der Waals surface area (Å²) in [5, 5.41) is 13.9. The molecule has 1 unspecified atom stereocenters. The van der Waals surface area contributed by atoms with E-state index in [-0.39, 0.29) is 21.4 Å². The van der Waals surface area contributed by atoms with Gasteiger partial charge in [0.25, 0.3) is 5.88 Å². The molecule has 0 radical (unpaired) electrons. The second-order valence-corrected chi connectivity index (χ2v) is 10.1. The number of hydrogen-bond acceptors (Lipinski definition) is 5. The predicted octanol–water partition coefficient (Wildman–Crippen LogP) is 4.17. The number of allylic oxidation sites excluding steroid dienone is 2. The standard InChI is InChI=1S/C23H22N3O3S/c24-15-17-6-12-20(13-7-17)29-26(16-30(27,28)21-4-2-1-3-5-21)23(19-10-11-19)14-22(25-26)18-8-9-18/h1-7,12-14,18-19H,8-11,16H2/q+1. The van der Waals surface area contributed by atoms with Crippen molar-refractivity contribution in [3.63, 3.8) is 0 Å². The average Bonchev–Trinajstić information content (AvgIpc) is 3.67. The van der Waals surface area contributed by atoms with Crippen LogP contribution in [0.3, 0.4) is 0 Å². The van der Waals surface area contributed by atoms with E-state index in [2.05, 4.69) is 12.1 Å². The molecule has 0 spiro atoms. The number of quaternary nitrogens is 1. The van der Waals surface area contributed by atoms with Gasteiger partial charge in [-0.1, -0.05) is 18.2 Å². The van der Waals surface area contributed by atoms with Crippen LogP contribution >= 0.6 is 0 Å². The third-order valence-corrected chi connectivity index (χ3v) is 7.33. The van der Waals surface area contributed by atoms with Gasteiger partial charge < -0.3 is 0 Å². The van der Waals surface area contributed by atoms with E-state index >= 15 is 0 Å². The lowest BCUT2D eigenvalue weighted by molar-refractivity contribution is -1.04. The molecule has 0 N–H and O–H groups in total. The molecule has 0 saturated heterocycles. The number of hydroxylamine groups is 2. The second kappa shape index (κ2) is 7.08. The fourth-order valence-electron chi connectivity index (χ4n) is 3.79. The highest BCUT2D eigenvalue weighted by Crippen LogP contribution is 2.47. The molecule has 30 heavy (non-hydrogen) atoms. The van der Waals surface area contributed by atoms with E-state index in [0.29, 0.717) is 17.2 Å². The molecule has 1 aliphatic heterocycles. The number of benzene rings is 2. The van der Waals surface area contributed by atoms with E-state index in [4.69, 9.17) is 15.2 Å². The minimum atomic E-state index is -3.66. The molecule has 0 bridgehead atoms. The maximum Gasteiger partial charge on any atom is 0.254 e. The highest BCUT2D eigenvalue weighted by atomic mass is 32.2. The van der Waals surface area contributed by atoms with E-state index in [9.17, 15) is 8.42 Å². The fourth-order valence-corrected chi connectivity index (χ4v) is 5.23. The average molecular weight is 421 g/mol. The van der Waals surface area contributed by atoms with Gasteiger partial charge in [0.15, 0.2) is 11.4 Å². The van der Waals surface area contributed by atoms with Crippen LogP contribution in [0, 0.1) is 23.2 Å². The van der Waals surface area contributed by atoms with Crippen LogP contribution in [0.4, 0.5) is 0 Å². The molecule has 2 aromatic rings. The Kier molecular flexibility index (Phi) is 4.49. The Morgan fingerprint density at radius 1 is 1.00 bits per heavy atom. The molecule has 5 rings (SSSR count). The molecule has 3 aliphatic rings. The van der Waals surface area contributed by atoms with Gasteiger partial charge in [0, 0.05) is 22.7 Å². The highest BCUT2D eigenvalue weighted by Gasteiger charge is 2.54. The number of nitrogens with zero attached hydrogens (tertiary/aromatic N) is 3. The minimum Gasteiger partial charge on any atom is -0.281 e. The van der Waals surface area contributed by atoms with Gasteiger partial charge in [-0.2, -0.15) is 5.26 Å². The van der Waals surface area contributed by atoms with E-state index in [1.54, 1.807) is 54.6 Å². The van der Waals surface area contributed by atoms with Crippen LogP contribution in [0.25, 0.3) is 0 Å². The third-order valence-electron chi connectivity index (χ3n) is 5.65. The monoisotopic (exact) mass is 420 g/mol. The first-order chi connectivity index (χ1) is 14.5. The largest absolute Gasteiger partial charge is 0.281 e. The first-order valence-corrected chi connectivity index (χ1v) is 11.8. The molecule has 1 heterocycles. The number of hydrogen-bond donors (Lipinski definition) is 0. The molecule has 0 amide bonds. The van der Waals surface area contributed by atoms with Gasteiger partial charge in [-0.3, -0.25) is 4.84 Å². The summed E-state index contributed by atoms with van der Waals surface area (Å²) in [5.74, 6) is 0.872. The number of rotatable bonds is 7. The zero-order chi connectivity index (χ0) is 20.8. The Morgan fingerprint density at radius 2 is 1.67 bits per heavy atom. The fraction of sp³-hybridized carbons (Fsp3) is 0.304. The first kappa shape index (κ1) is 19.0. The normalized spacial score (nSPS) is 23.4. The van der Waals surface area contributed by atoms with Crippen LogP contribution in [0.5, 0.6) is 5.75 Å². The van der Waals surface area contributed by atoms with E-state index in [1.165, 1.54) is 0 Å². The van der Waals surface area contributed by atoms with Crippen molar-refractivity contribution in [3.05, 3.63) is 71.9 Å². The Labute approximate surface area is 176 Å². The van der Waals surface area contributed by atoms with Gasteiger partial charge in [-0.05, 0) is 67.2 Å². The number of sulfone groups is 1. The summed E-state index contributed by atoms with van der Waals surface area (Å²) in [7, 11) is -3.66.